The lowest BCUT2D eigenvalue weighted by Gasteiger charge is -2.10. The van der Waals surface area contributed by atoms with Crippen molar-refractivity contribution in [3.05, 3.63) is 99.7 Å². The zero-order valence-electron chi connectivity index (χ0n) is 19.4. The maximum atomic E-state index is 12.7. The first-order valence-corrected chi connectivity index (χ1v) is 10.9. The fourth-order valence-electron chi connectivity index (χ4n) is 3.72. The number of rotatable bonds is 8. The molecule has 0 atom stereocenters. The van der Waals surface area contributed by atoms with Crippen molar-refractivity contribution in [2.75, 3.05) is 0 Å². The molecule has 33 heavy (non-hydrogen) atoms. The highest BCUT2D eigenvalue weighted by molar-refractivity contribution is 5.94. The van der Waals surface area contributed by atoms with Crippen molar-refractivity contribution in [1.29, 1.82) is 0 Å². The summed E-state index contributed by atoms with van der Waals surface area (Å²) in [7, 11) is 0. The lowest BCUT2D eigenvalue weighted by atomic mass is 10.1. The molecule has 0 aliphatic rings. The van der Waals surface area contributed by atoms with Crippen LogP contribution in [0.15, 0.2) is 59.1 Å². The van der Waals surface area contributed by atoms with Crippen molar-refractivity contribution < 1.29 is 14.1 Å². The maximum absolute atomic E-state index is 12.7. The van der Waals surface area contributed by atoms with Crippen molar-refractivity contribution >= 4 is 5.91 Å². The second-order valence-corrected chi connectivity index (χ2v) is 8.21. The van der Waals surface area contributed by atoms with Crippen LogP contribution in [0.3, 0.4) is 0 Å². The number of nitrogens with one attached hydrogen (secondary N) is 1. The monoisotopic (exact) mass is 444 g/mol. The molecule has 0 aliphatic carbocycles. The van der Waals surface area contributed by atoms with Gasteiger partial charge in [0.1, 0.15) is 18.1 Å². The first-order chi connectivity index (χ1) is 15.9. The number of aromatic nitrogens is 3. The standard InChI is InChI=1S/C26H28N4O3/c1-17-11-18(2)30(28-17)15-22-8-5-7-21(12-22)14-27-26(31)23-9-6-10-24(13-23)32-16-25-19(3)29-33-20(25)4/h5-13H,14-16H2,1-4H3,(H,27,31). The zero-order chi connectivity index (χ0) is 23.4. The molecule has 7 heteroatoms. The van der Waals surface area contributed by atoms with E-state index in [-0.39, 0.29) is 5.91 Å². The van der Waals surface area contributed by atoms with Gasteiger partial charge in [0.25, 0.3) is 5.91 Å². The minimum atomic E-state index is -0.151. The van der Waals surface area contributed by atoms with E-state index in [1.54, 1.807) is 12.1 Å². The lowest BCUT2D eigenvalue weighted by molar-refractivity contribution is 0.0950. The van der Waals surface area contributed by atoms with Crippen LogP contribution in [0.2, 0.25) is 0 Å². The van der Waals surface area contributed by atoms with E-state index in [0.717, 1.165) is 39.5 Å². The van der Waals surface area contributed by atoms with Gasteiger partial charge in [0, 0.05) is 17.8 Å². The molecule has 4 rings (SSSR count). The van der Waals surface area contributed by atoms with Gasteiger partial charge in [-0.1, -0.05) is 35.5 Å². The van der Waals surface area contributed by atoms with E-state index >= 15 is 0 Å². The van der Waals surface area contributed by atoms with Crippen molar-refractivity contribution in [2.45, 2.75) is 47.4 Å². The van der Waals surface area contributed by atoms with Crippen LogP contribution in [0, 0.1) is 27.7 Å². The summed E-state index contributed by atoms with van der Waals surface area (Å²) in [6.07, 6.45) is 0. The molecular formula is C26H28N4O3. The Balaban J connectivity index is 1.36. The first-order valence-electron chi connectivity index (χ1n) is 10.9. The first kappa shape index (κ1) is 22.3. The molecule has 0 radical (unpaired) electrons. The topological polar surface area (TPSA) is 82.2 Å². The number of carbonyl (C=O) groups is 1. The Kier molecular flexibility index (Phi) is 6.58. The molecule has 4 aromatic rings. The molecule has 2 heterocycles. The summed E-state index contributed by atoms with van der Waals surface area (Å²) in [5, 5.41) is 11.5. The Hall–Kier alpha value is -3.87. The number of amides is 1. The van der Waals surface area contributed by atoms with Crippen LogP contribution >= 0.6 is 0 Å². The van der Waals surface area contributed by atoms with Gasteiger partial charge < -0.3 is 14.6 Å². The van der Waals surface area contributed by atoms with Gasteiger partial charge >= 0.3 is 0 Å². The quantitative estimate of drug-likeness (QED) is 0.427. The Labute approximate surface area is 193 Å². The molecule has 170 valence electrons. The highest BCUT2D eigenvalue weighted by Gasteiger charge is 2.11. The van der Waals surface area contributed by atoms with Gasteiger partial charge in [0.15, 0.2) is 0 Å². The van der Waals surface area contributed by atoms with E-state index in [4.69, 9.17) is 9.26 Å². The van der Waals surface area contributed by atoms with Gasteiger partial charge in [0.2, 0.25) is 0 Å². The SMILES string of the molecule is Cc1cc(C)n(Cc2cccc(CNC(=O)c3cccc(OCc4c(C)noc4C)c3)c2)n1. The Bertz CT molecular complexity index is 1250. The van der Waals surface area contributed by atoms with Gasteiger partial charge in [-0.3, -0.25) is 9.48 Å². The van der Waals surface area contributed by atoms with E-state index in [1.165, 1.54) is 0 Å². The van der Waals surface area contributed by atoms with E-state index < -0.39 is 0 Å². The second kappa shape index (κ2) is 9.73. The summed E-state index contributed by atoms with van der Waals surface area (Å²) in [6.45, 7) is 9.26. The van der Waals surface area contributed by atoms with Crippen LogP contribution in [0.4, 0.5) is 0 Å². The number of benzene rings is 2. The van der Waals surface area contributed by atoms with Crippen molar-refractivity contribution in [1.82, 2.24) is 20.3 Å². The number of nitrogens with zero attached hydrogens (tertiary/aromatic N) is 3. The van der Waals surface area contributed by atoms with Gasteiger partial charge in [-0.25, -0.2) is 0 Å². The molecule has 1 N–H and O–H groups in total. The van der Waals surface area contributed by atoms with Crippen LogP contribution in [-0.4, -0.2) is 20.8 Å². The highest BCUT2D eigenvalue weighted by Crippen LogP contribution is 2.19. The summed E-state index contributed by atoms with van der Waals surface area (Å²) in [5.41, 5.74) is 6.59. The van der Waals surface area contributed by atoms with Crippen LogP contribution in [0.1, 0.15) is 49.9 Å². The van der Waals surface area contributed by atoms with Crippen LogP contribution in [0.25, 0.3) is 0 Å². The van der Waals surface area contributed by atoms with E-state index in [0.29, 0.717) is 31.0 Å². The molecule has 0 spiro atoms. The molecule has 2 aromatic heterocycles. The third-order valence-corrected chi connectivity index (χ3v) is 5.54. The summed E-state index contributed by atoms with van der Waals surface area (Å²) in [5.74, 6) is 1.21. The Morgan fingerprint density at radius 1 is 1.03 bits per heavy atom. The predicted molar refractivity (Wildman–Crippen MR) is 125 cm³/mol. The minimum absolute atomic E-state index is 0.151. The van der Waals surface area contributed by atoms with Crippen molar-refractivity contribution in [3.63, 3.8) is 0 Å². The average Bonchev–Trinajstić information content (AvgIpc) is 3.30. The van der Waals surface area contributed by atoms with Gasteiger partial charge in [-0.15, -0.1) is 0 Å². The molecule has 0 bridgehead atoms. The average molecular weight is 445 g/mol. The van der Waals surface area contributed by atoms with Crippen LogP contribution < -0.4 is 10.1 Å². The van der Waals surface area contributed by atoms with E-state index in [1.807, 2.05) is 49.7 Å². The Morgan fingerprint density at radius 3 is 2.55 bits per heavy atom. The minimum Gasteiger partial charge on any atom is -0.489 e. The molecule has 0 fully saturated rings. The predicted octanol–water partition coefficient (Wildman–Crippen LogP) is 4.66. The number of carbonyl (C=O) groups excluding carboxylic acids is 1. The number of hydrogen-bond acceptors (Lipinski definition) is 5. The van der Waals surface area contributed by atoms with E-state index in [2.05, 4.69) is 40.7 Å². The zero-order valence-corrected chi connectivity index (χ0v) is 19.4. The number of ether oxygens (including phenoxy) is 1. The van der Waals surface area contributed by atoms with Gasteiger partial charge in [-0.2, -0.15) is 5.10 Å². The van der Waals surface area contributed by atoms with Crippen LogP contribution in [0.5, 0.6) is 5.75 Å². The third-order valence-electron chi connectivity index (χ3n) is 5.54. The molecule has 0 aliphatic heterocycles. The number of aryl methyl sites for hydroxylation is 4. The maximum Gasteiger partial charge on any atom is 0.251 e. The molecule has 7 nitrogen and oxygen atoms in total. The van der Waals surface area contributed by atoms with Crippen molar-refractivity contribution in [3.8, 4) is 5.75 Å². The molecule has 1 amide bonds. The molecule has 0 saturated heterocycles. The van der Waals surface area contributed by atoms with Gasteiger partial charge in [-0.05, 0) is 63.1 Å². The molecule has 2 aromatic carbocycles. The van der Waals surface area contributed by atoms with E-state index in [9.17, 15) is 4.79 Å². The normalized spacial score (nSPS) is 10.9. The van der Waals surface area contributed by atoms with Crippen molar-refractivity contribution in [2.24, 2.45) is 0 Å². The Morgan fingerprint density at radius 2 is 1.82 bits per heavy atom. The highest BCUT2D eigenvalue weighted by atomic mass is 16.5. The second-order valence-electron chi connectivity index (χ2n) is 8.21. The lowest BCUT2D eigenvalue weighted by Crippen LogP contribution is -2.22. The van der Waals surface area contributed by atoms with Gasteiger partial charge in [0.05, 0.1) is 23.5 Å². The third kappa shape index (κ3) is 5.49. The largest absolute Gasteiger partial charge is 0.489 e. The summed E-state index contributed by atoms with van der Waals surface area (Å²) < 4.78 is 13.0. The summed E-state index contributed by atoms with van der Waals surface area (Å²) in [4.78, 5) is 12.7. The molecule has 0 saturated carbocycles. The smallest absolute Gasteiger partial charge is 0.251 e. The molecular weight excluding hydrogens is 416 g/mol. The summed E-state index contributed by atoms with van der Waals surface area (Å²) in [6, 6.07) is 17.4. The fourth-order valence-corrected chi connectivity index (χ4v) is 3.72. The molecule has 0 unspecified atom stereocenters. The van der Waals surface area contributed by atoms with Crippen LogP contribution in [-0.2, 0) is 19.7 Å². The fraction of sp³-hybridized carbons (Fsp3) is 0.269. The number of hydrogen-bond donors (Lipinski definition) is 1. The summed E-state index contributed by atoms with van der Waals surface area (Å²) >= 11 is 0.